The molecule has 0 unspecified atom stereocenters. The Morgan fingerprint density at radius 2 is 2.00 bits per heavy atom. The molecule has 2 saturated heterocycles. The lowest BCUT2D eigenvalue weighted by molar-refractivity contribution is -0.384. The van der Waals surface area contributed by atoms with Gasteiger partial charge < -0.3 is 19.1 Å². The molecule has 0 saturated carbocycles. The minimum Gasteiger partial charge on any atom is -0.493 e. The van der Waals surface area contributed by atoms with Crippen molar-refractivity contribution in [3.8, 4) is 11.5 Å². The van der Waals surface area contributed by atoms with E-state index in [1.165, 1.54) is 25.3 Å². The van der Waals surface area contributed by atoms with Crippen LogP contribution in [0.4, 0.5) is 10.5 Å². The molecule has 2 aliphatic heterocycles. The number of morpholine rings is 1. The summed E-state index contributed by atoms with van der Waals surface area (Å²) in [6.07, 6.45) is 1.49. The lowest BCUT2D eigenvalue weighted by Crippen LogP contribution is -2.46. The van der Waals surface area contributed by atoms with Crippen molar-refractivity contribution in [1.82, 2.24) is 9.80 Å². The van der Waals surface area contributed by atoms with Gasteiger partial charge in [0.2, 0.25) is 5.91 Å². The minimum atomic E-state index is -0.572. The number of hydrogen-bond donors (Lipinski definition) is 0. The molecule has 4 rings (SSSR count). The fourth-order valence-electron chi connectivity index (χ4n) is 3.71. The SMILES string of the molecule is COc1cc(/C=C2/SC(=O)N(CC(=O)N3CCOCC3)C2=O)cc(Cl)c1OCc1cccc([N+](=O)[O-])c1. The predicted octanol–water partition coefficient (Wildman–Crippen LogP) is 3.73. The molecule has 2 aromatic rings. The Hall–Kier alpha value is -3.61. The summed E-state index contributed by atoms with van der Waals surface area (Å²) in [7, 11) is 1.42. The summed E-state index contributed by atoms with van der Waals surface area (Å²) < 4.78 is 16.4. The fraction of sp³-hybridized carbons (Fsp3) is 0.292. The van der Waals surface area contributed by atoms with Crippen LogP contribution in [0.3, 0.4) is 0 Å². The lowest BCUT2D eigenvalue weighted by Gasteiger charge is -2.28. The number of ether oxygens (including phenoxy) is 3. The number of hydrogen-bond acceptors (Lipinski definition) is 9. The van der Waals surface area contributed by atoms with Crippen molar-refractivity contribution in [2.45, 2.75) is 6.61 Å². The number of halogens is 1. The highest BCUT2D eigenvalue weighted by Gasteiger charge is 2.37. The molecule has 37 heavy (non-hydrogen) atoms. The van der Waals surface area contributed by atoms with Gasteiger partial charge in [0.1, 0.15) is 13.2 Å². The molecule has 0 spiro atoms. The molecule has 2 aromatic carbocycles. The highest BCUT2D eigenvalue weighted by Crippen LogP contribution is 2.39. The molecule has 0 atom stereocenters. The number of methoxy groups -OCH3 is 1. The first-order valence-electron chi connectivity index (χ1n) is 11.1. The molecule has 0 aromatic heterocycles. The van der Waals surface area contributed by atoms with Gasteiger partial charge in [0, 0.05) is 25.2 Å². The number of non-ortho nitro benzene ring substituents is 1. The van der Waals surface area contributed by atoms with Crippen LogP contribution in [-0.4, -0.2) is 71.7 Å². The number of nitrogens with zero attached hydrogens (tertiary/aromatic N) is 3. The van der Waals surface area contributed by atoms with E-state index < -0.39 is 16.1 Å². The maximum absolute atomic E-state index is 12.9. The van der Waals surface area contributed by atoms with Crippen LogP contribution in [-0.2, 0) is 20.9 Å². The largest absolute Gasteiger partial charge is 0.493 e. The van der Waals surface area contributed by atoms with E-state index in [-0.39, 0.29) is 46.2 Å². The smallest absolute Gasteiger partial charge is 0.294 e. The summed E-state index contributed by atoms with van der Waals surface area (Å²) in [6.45, 7) is 1.34. The average Bonchev–Trinajstić information content (AvgIpc) is 3.15. The molecular formula is C24H22ClN3O8S. The average molecular weight is 548 g/mol. The summed E-state index contributed by atoms with van der Waals surface area (Å²) >= 11 is 7.16. The number of amides is 3. The van der Waals surface area contributed by atoms with Gasteiger partial charge in [-0.3, -0.25) is 29.4 Å². The Morgan fingerprint density at radius 3 is 2.70 bits per heavy atom. The van der Waals surface area contributed by atoms with Gasteiger partial charge >= 0.3 is 0 Å². The Labute approximate surface area is 221 Å². The lowest BCUT2D eigenvalue weighted by atomic mass is 10.1. The van der Waals surface area contributed by atoms with Crippen LogP contribution in [0.15, 0.2) is 41.3 Å². The zero-order valence-electron chi connectivity index (χ0n) is 19.7. The predicted molar refractivity (Wildman–Crippen MR) is 136 cm³/mol. The van der Waals surface area contributed by atoms with Crippen LogP contribution in [0.2, 0.25) is 5.02 Å². The van der Waals surface area contributed by atoms with Crippen molar-refractivity contribution in [2.75, 3.05) is 40.0 Å². The Morgan fingerprint density at radius 1 is 1.24 bits per heavy atom. The van der Waals surface area contributed by atoms with E-state index in [0.29, 0.717) is 37.4 Å². The normalized spacial score (nSPS) is 16.9. The number of carbonyl (C=O) groups is 3. The number of rotatable bonds is 8. The number of imide groups is 1. The molecule has 13 heteroatoms. The topological polar surface area (TPSA) is 129 Å². The second-order valence-electron chi connectivity index (χ2n) is 8.01. The van der Waals surface area contributed by atoms with Crippen molar-refractivity contribution in [3.63, 3.8) is 0 Å². The number of thioether (sulfide) groups is 1. The number of carbonyl (C=O) groups excluding carboxylic acids is 3. The highest BCUT2D eigenvalue weighted by molar-refractivity contribution is 8.18. The molecule has 0 N–H and O–H groups in total. The maximum Gasteiger partial charge on any atom is 0.294 e. The zero-order chi connectivity index (χ0) is 26.5. The molecule has 2 heterocycles. The van der Waals surface area contributed by atoms with Crippen molar-refractivity contribution in [1.29, 1.82) is 0 Å². The van der Waals surface area contributed by atoms with Crippen LogP contribution in [0.25, 0.3) is 6.08 Å². The van der Waals surface area contributed by atoms with Crippen molar-refractivity contribution < 1.29 is 33.5 Å². The quantitative estimate of drug-likeness (QED) is 0.276. The third-order valence-electron chi connectivity index (χ3n) is 5.58. The van der Waals surface area contributed by atoms with Gasteiger partial charge in [0.15, 0.2) is 11.5 Å². The van der Waals surface area contributed by atoms with Crippen LogP contribution in [0.1, 0.15) is 11.1 Å². The summed E-state index contributed by atoms with van der Waals surface area (Å²) in [4.78, 5) is 50.9. The first-order valence-corrected chi connectivity index (χ1v) is 12.3. The number of nitro groups is 1. The third kappa shape index (κ3) is 6.21. The third-order valence-corrected chi connectivity index (χ3v) is 6.77. The van der Waals surface area contributed by atoms with Crippen LogP contribution >= 0.6 is 23.4 Å². The van der Waals surface area contributed by atoms with Crippen molar-refractivity contribution in [2.24, 2.45) is 0 Å². The van der Waals surface area contributed by atoms with E-state index in [4.69, 9.17) is 25.8 Å². The van der Waals surface area contributed by atoms with E-state index >= 15 is 0 Å². The maximum atomic E-state index is 12.9. The minimum absolute atomic E-state index is 0.00711. The molecule has 0 aliphatic carbocycles. The standard InChI is InChI=1S/C24H22ClN3O8S/c1-34-19-11-16(10-18(25)22(19)36-14-15-3-2-4-17(9-15)28(32)33)12-20-23(30)27(24(31)37-20)13-21(29)26-5-7-35-8-6-26/h2-4,9-12H,5-8,13-14H2,1H3/b20-12+. The van der Waals surface area contributed by atoms with Crippen molar-refractivity contribution >= 4 is 52.2 Å². The van der Waals surface area contributed by atoms with Crippen molar-refractivity contribution in [3.05, 3.63) is 67.6 Å². The molecule has 3 amide bonds. The summed E-state index contributed by atoms with van der Waals surface area (Å²) in [5.41, 5.74) is 0.987. The number of benzene rings is 2. The van der Waals surface area contributed by atoms with E-state index in [0.717, 1.165) is 16.7 Å². The molecule has 11 nitrogen and oxygen atoms in total. The van der Waals surface area contributed by atoms with Crippen LogP contribution in [0, 0.1) is 10.1 Å². The first kappa shape index (κ1) is 26.5. The van der Waals surface area contributed by atoms with E-state index in [1.54, 1.807) is 29.2 Å². The second-order valence-corrected chi connectivity index (χ2v) is 9.41. The molecular weight excluding hydrogens is 526 g/mol. The summed E-state index contributed by atoms with van der Waals surface area (Å²) in [6, 6.07) is 9.14. The fourth-order valence-corrected chi connectivity index (χ4v) is 4.83. The molecule has 194 valence electrons. The molecule has 0 bridgehead atoms. The molecule has 0 radical (unpaired) electrons. The first-order chi connectivity index (χ1) is 17.8. The Balaban J connectivity index is 1.48. The monoisotopic (exact) mass is 547 g/mol. The second kappa shape index (κ2) is 11.6. The van der Waals surface area contributed by atoms with Gasteiger partial charge in [-0.1, -0.05) is 23.7 Å². The van der Waals surface area contributed by atoms with Crippen LogP contribution < -0.4 is 9.47 Å². The molecule has 2 fully saturated rings. The van der Waals surface area contributed by atoms with Crippen LogP contribution in [0.5, 0.6) is 11.5 Å². The van der Waals surface area contributed by atoms with Gasteiger partial charge in [-0.25, -0.2) is 0 Å². The molecule has 2 aliphatic rings. The van der Waals surface area contributed by atoms with Gasteiger partial charge in [-0.2, -0.15) is 0 Å². The van der Waals surface area contributed by atoms with E-state index in [2.05, 4.69) is 0 Å². The van der Waals surface area contributed by atoms with Gasteiger partial charge in [0.05, 0.1) is 35.2 Å². The van der Waals surface area contributed by atoms with E-state index in [9.17, 15) is 24.5 Å². The number of nitro benzene ring substituents is 1. The Kier molecular flexibility index (Phi) is 8.31. The van der Waals surface area contributed by atoms with E-state index in [1.807, 2.05) is 0 Å². The highest BCUT2D eigenvalue weighted by atomic mass is 35.5. The van der Waals surface area contributed by atoms with Gasteiger partial charge in [-0.05, 0) is 41.1 Å². The zero-order valence-corrected chi connectivity index (χ0v) is 21.3. The summed E-state index contributed by atoms with van der Waals surface area (Å²) in [5, 5.41) is 10.6. The summed E-state index contributed by atoms with van der Waals surface area (Å²) in [5.74, 6) is -0.401. The van der Waals surface area contributed by atoms with Gasteiger partial charge in [-0.15, -0.1) is 0 Å². The Bertz CT molecular complexity index is 1280. The van der Waals surface area contributed by atoms with Gasteiger partial charge in [0.25, 0.3) is 16.8 Å².